The van der Waals surface area contributed by atoms with Gasteiger partial charge < -0.3 is 10.3 Å². The summed E-state index contributed by atoms with van der Waals surface area (Å²) in [5, 5.41) is 4.59. The summed E-state index contributed by atoms with van der Waals surface area (Å²) in [6.07, 6.45) is 0. The lowest BCUT2D eigenvalue weighted by atomic mass is 10.2. The van der Waals surface area contributed by atoms with Crippen LogP contribution in [0.5, 0.6) is 0 Å². The number of nitrogens with zero attached hydrogens (tertiary/aromatic N) is 2. The first-order valence-electron chi connectivity index (χ1n) is 5.68. The number of halogens is 1. The number of hydrogen-bond acceptors (Lipinski definition) is 4. The van der Waals surface area contributed by atoms with Crippen molar-refractivity contribution in [3.8, 4) is 22.8 Å². The van der Waals surface area contributed by atoms with Gasteiger partial charge >= 0.3 is 0 Å². The van der Waals surface area contributed by atoms with Gasteiger partial charge in [-0.15, -0.1) is 0 Å². The van der Waals surface area contributed by atoms with Crippen LogP contribution in [0.1, 0.15) is 0 Å². The van der Waals surface area contributed by atoms with Gasteiger partial charge in [0.25, 0.3) is 5.89 Å². The van der Waals surface area contributed by atoms with E-state index in [0.717, 1.165) is 11.1 Å². The number of hydrogen-bond donors (Lipinski definition) is 1. The molecular formula is C14H10ClN3O. The molecule has 2 aromatic carbocycles. The van der Waals surface area contributed by atoms with Crippen LogP contribution >= 0.6 is 11.6 Å². The molecule has 0 aliphatic heterocycles. The molecule has 19 heavy (non-hydrogen) atoms. The molecule has 0 unspecified atom stereocenters. The highest BCUT2D eigenvalue weighted by Crippen LogP contribution is 2.24. The zero-order valence-corrected chi connectivity index (χ0v) is 10.6. The summed E-state index contributed by atoms with van der Waals surface area (Å²) in [6.45, 7) is 0. The summed E-state index contributed by atoms with van der Waals surface area (Å²) < 4.78 is 5.24. The third-order valence-electron chi connectivity index (χ3n) is 2.67. The van der Waals surface area contributed by atoms with Gasteiger partial charge in [-0.3, -0.25) is 0 Å². The first kappa shape index (κ1) is 11.7. The smallest absolute Gasteiger partial charge is 0.258 e. The number of aromatic nitrogens is 2. The number of nitrogens with two attached hydrogens (primary N) is 1. The Balaban J connectivity index is 1.97. The Hall–Kier alpha value is -2.33. The molecule has 0 saturated heterocycles. The fourth-order valence-electron chi connectivity index (χ4n) is 1.71. The molecular weight excluding hydrogens is 262 g/mol. The van der Waals surface area contributed by atoms with Gasteiger partial charge in [0.05, 0.1) is 0 Å². The second kappa shape index (κ2) is 4.74. The van der Waals surface area contributed by atoms with Crippen molar-refractivity contribution < 1.29 is 4.52 Å². The Morgan fingerprint density at radius 1 is 1.00 bits per heavy atom. The third kappa shape index (κ3) is 2.44. The van der Waals surface area contributed by atoms with Crippen LogP contribution in [-0.4, -0.2) is 10.1 Å². The number of benzene rings is 2. The molecule has 0 fully saturated rings. The lowest BCUT2D eigenvalue weighted by Crippen LogP contribution is -1.84. The maximum atomic E-state index is 5.94. The number of anilines is 1. The van der Waals surface area contributed by atoms with E-state index in [-0.39, 0.29) is 0 Å². The molecule has 5 heteroatoms. The Morgan fingerprint density at radius 2 is 1.79 bits per heavy atom. The van der Waals surface area contributed by atoms with Crippen LogP contribution in [-0.2, 0) is 0 Å². The zero-order chi connectivity index (χ0) is 13.2. The van der Waals surface area contributed by atoms with Gasteiger partial charge in [0.2, 0.25) is 5.82 Å². The van der Waals surface area contributed by atoms with E-state index in [0.29, 0.717) is 22.4 Å². The van der Waals surface area contributed by atoms with E-state index in [4.69, 9.17) is 21.9 Å². The maximum absolute atomic E-state index is 5.94. The molecule has 3 rings (SSSR count). The molecule has 1 aromatic heterocycles. The van der Waals surface area contributed by atoms with E-state index >= 15 is 0 Å². The van der Waals surface area contributed by atoms with Gasteiger partial charge in [0.15, 0.2) is 0 Å². The fraction of sp³-hybridized carbons (Fsp3) is 0. The number of nitrogen functional groups attached to an aromatic ring is 1. The highest BCUT2D eigenvalue weighted by molar-refractivity contribution is 6.30. The van der Waals surface area contributed by atoms with Crippen LogP contribution in [0.25, 0.3) is 22.8 Å². The first-order chi connectivity index (χ1) is 9.22. The van der Waals surface area contributed by atoms with Gasteiger partial charge in [0.1, 0.15) is 0 Å². The Morgan fingerprint density at radius 3 is 2.53 bits per heavy atom. The standard InChI is InChI=1S/C14H10ClN3O/c15-11-3-1-2-10(8-11)13-17-14(19-18-13)9-4-6-12(16)7-5-9/h1-8H,16H2. The second-order valence-electron chi connectivity index (χ2n) is 4.06. The summed E-state index contributed by atoms with van der Waals surface area (Å²) in [7, 11) is 0. The van der Waals surface area contributed by atoms with Crippen molar-refractivity contribution >= 4 is 17.3 Å². The van der Waals surface area contributed by atoms with Crippen LogP contribution in [0, 0.1) is 0 Å². The molecule has 0 aliphatic rings. The third-order valence-corrected chi connectivity index (χ3v) is 2.90. The number of rotatable bonds is 2. The van der Waals surface area contributed by atoms with Gasteiger partial charge in [-0.25, -0.2) is 0 Å². The van der Waals surface area contributed by atoms with Crippen molar-refractivity contribution in [2.45, 2.75) is 0 Å². The van der Waals surface area contributed by atoms with E-state index < -0.39 is 0 Å². The van der Waals surface area contributed by atoms with E-state index in [9.17, 15) is 0 Å². The van der Waals surface area contributed by atoms with Gasteiger partial charge in [-0.2, -0.15) is 4.98 Å². The normalized spacial score (nSPS) is 10.6. The summed E-state index contributed by atoms with van der Waals surface area (Å²) in [5.41, 5.74) is 7.98. The van der Waals surface area contributed by atoms with E-state index in [1.54, 1.807) is 24.3 Å². The minimum absolute atomic E-state index is 0.454. The summed E-state index contributed by atoms with van der Waals surface area (Å²) in [4.78, 5) is 4.34. The summed E-state index contributed by atoms with van der Waals surface area (Å²) in [5.74, 6) is 0.962. The fourth-order valence-corrected chi connectivity index (χ4v) is 1.90. The average molecular weight is 272 g/mol. The average Bonchev–Trinajstić information content (AvgIpc) is 2.89. The Kier molecular flexibility index (Phi) is 2.93. The molecule has 0 spiro atoms. The second-order valence-corrected chi connectivity index (χ2v) is 4.49. The van der Waals surface area contributed by atoms with E-state index in [1.807, 2.05) is 24.3 Å². The van der Waals surface area contributed by atoms with Crippen molar-refractivity contribution in [1.29, 1.82) is 0 Å². The van der Waals surface area contributed by atoms with E-state index in [2.05, 4.69) is 10.1 Å². The quantitative estimate of drug-likeness (QED) is 0.723. The zero-order valence-electron chi connectivity index (χ0n) is 9.88. The Bertz CT molecular complexity index is 707. The minimum Gasteiger partial charge on any atom is -0.399 e. The molecule has 0 radical (unpaired) electrons. The molecule has 0 saturated carbocycles. The lowest BCUT2D eigenvalue weighted by molar-refractivity contribution is 0.432. The highest BCUT2D eigenvalue weighted by Gasteiger charge is 2.10. The monoisotopic (exact) mass is 271 g/mol. The maximum Gasteiger partial charge on any atom is 0.258 e. The lowest BCUT2D eigenvalue weighted by Gasteiger charge is -1.95. The SMILES string of the molecule is Nc1ccc(-c2nc(-c3cccc(Cl)c3)no2)cc1. The molecule has 0 bridgehead atoms. The Labute approximate surface area is 114 Å². The van der Waals surface area contributed by atoms with Crippen LogP contribution in [0.3, 0.4) is 0 Å². The molecule has 3 aromatic rings. The van der Waals surface area contributed by atoms with Crippen LogP contribution in [0.4, 0.5) is 5.69 Å². The van der Waals surface area contributed by atoms with Crippen molar-refractivity contribution in [3.05, 3.63) is 53.6 Å². The van der Waals surface area contributed by atoms with Crippen LogP contribution in [0.2, 0.25) is 5.02 Å². The highest BCUT2D eigenvalue weighted by atomic mass is 35.5. The van der Waals surface area contributed by atoms with Crippen molar-refractivity contribution in [2.75, 3.05) is 5.73 Å². The van der Waals surface area contributed by atoms with Crippen LogP contribution in [0.15, 0.2) is 53.1 Å². The van der Waals surface area contributed by atoms with Crippen molar-refractivity contribution in [2.24, 2.45) is 0 Å². The predicted molar refractivity (Wildman–Crippen MR) is 74.6 cm³/mol. The molecule has 4 nitrogen and oxygen atoms in total. The van der Waals surface area contributed by atoms with Gasteiger partial charge in [-0.1, -0.05) is 28.9 Å². The van der Waals surface area contributed by atoms with Crippen molar-refractivity contribution in [3.63, 3.8) is 0 Å². The minimum atomic E-state index is 0.454. The molecule has 0 amide bonds. The summed E-state index contributed by atoms with van der Waals surface area (Å²) in [6, 6.07) is 14.6. The van der Waals surface area contributed by atoms with Crippen LogP contribution < -0.4 is 5.73 Å². The summed E-state index contributed by atoms with van der Waals surface area (Å²) >= 11 is 5.94. The first-order valence-corrected chi connectivity index (χ1v) is 6.06. The van der Waals surface area contributed by atoms with Gasteiger partial charge in [0, 0.05) is 21.8 Å². The molecule has 0 aliphatic carbocycles. The van der Waals surface area contributed by atoms with Gasteiger partial charge in [-0.05, 0) is 36.4 Å². The molecule has 94 valence electrons. The predicted octanol–water partition coefficient (Wildman–Crippen LogP) is 3.64. The molecule has 1 heterocycles. The van der Waals surface area contributed by atoms with Crippen molar-refractivity contribution in [1.82, 2.24) is 10.1 Å². The largest absolute Gasteiger partial charge is 0.399 e. The molecule has 0 atom stereocenters. The van der Waals surface area contributed by atoms with E-state index in [1.165, 1.54) is 0 Å². The topological polar surface area (TPSA) is 64.9 Å². The molecule has 2 N–H and O–H groups in total.